The minimum Gasteiger partial charge on any atom is -0.484 e. The molecule has 2 rings (SSSR count). The summed E-state index contributed by atoms with van der Waals surface area (Å²) < 4.78 is 5.23. The van der Waals surface area contributed by atoms with Crippen molar-refractivity contribution in [1.82, 2.24) is 4.98 Å². The van der Waals surface area contributed by atoms with Gasteiger partial charge >= 0.3 is 5.69 Å². The second kappa shape index (κ2) is 6.67. The highest BCUT2D eigenvalue weighted by atomic mass is 35.5. The van der Waals surface area contributed by atoms with E-state index < -0.39 is 10.8 Å². The quantitative estimate of drug-likeness (QED) is 0.520. The molecule has 21 heavy (non-hydrogen) atoms. The van der Waals surface area contributed by atoms with Crippen molar-refractivity contribution in [1.29, 1.82) is 0 Å². The normalized spacial score (nSPS) is 9.95. The molecule has 8 heteroatoms. The number of carbonyl (C=O) groups excluding carboxylic acids is 1. The number of nitrogens with one attached hydrogen (secondary N) is 1. The Hall–Kier alpha value is -2.67. The van der Waals surface area contributed by atoms with Gasteiger partial charge in [-0.15, -0.1) is 0 Å². The van der Waals surface area contributed by atoms with Crippen molar-refractivity contribution in [3.63, 3.8) is 0 Å². The summed E-state index contributed by atoms with van der Waals surface area (Å²) in [6, 6.07) is 11.2. The molecule has 1 aromatic heterocycles. The Balaban J connectivity index is 2.02. The van der Waals surface area contributed by atoms with Crippen molar-refractivity contribution >= 4 is 29.0 Å². The third-order valence-corrected chi connectivity index (χ3v) is 2.62. The first-order valence-electron chi connectivity index (χ1n) is 5.85. The zero-order chi connectivity index (χ0) is 15.2. The van der Waals surface area contributed by atoms with Crippen molar-refractivity contribution in [3.8, 4) is 5.75 Å². The van der Waals surface area contributed by atoms with Crippen LogP contribution in [0.15, 0.2) is 42.5 Å². The molecule has 0 aliphatic heterocycles. The van der Waals surface area contributed by atoms with Gasteiger partial charge < -0.3 is 10.1 Å². The Kier molecular flexibility index (Phi) is 4.68. The van der Waals surface area contributed by atoms with Crippen LogP contribution in [0.3, 0.4) is 0 Å². The van der Waals surface area contributed by atoms with Crippen LogP contribution in [0.1, 0.15) is 0 Å². The zero-order valence-corrected chi connectivity index (χ0v) is 11.4. The third-order valence-electron chi connectivity index (χ3n) is 2.41. The number of benzene rings is 1. The Labute approximate surface area is 124 Å². The predicted molar refractivity (Wildman–Crippen MR) is 76.5 cm³/mol. The van der Waals surface area contributed by atoms with E-state index in [9.17, 15) is 14.9 Å². The number of nitrogens with zero attached hydrogens (tertiary/aromatic N) is 2. The molecular formula is C13H10ClN3O4. The Bertz CT molecular complexity index is 664. The summed E-state index contributed by atoms with van der Waals surface area (Å²) in [5, 5.41) is 13.2. The van der Waals surface area contributed by atoms with Gasteiger partial charge in [0.05, 0.1) is 4.92 Å². The number of pyridine rings is 1. The smallest absolute Gasteiger partial charge is 0.311 e. The van der Waals surface area contributed by atoms with Crippen molar-refractivity contribution in [2.75, 3.05) is 11.9 Å². The van der Waals surface area contributed by atoms with Gasteiger partial charge in [-0.3, -0.25) is 14.9 Å². The van der Waals surface area contributed by atoms with E-state index in [0.717, 1.165) is 0 Å². The molecule has 1 N–H and O–H groups in total. The van der Waals surface area contributed by atoms with Crippen molar-refractivity contribution in [2.45, 2.75) is 0 Å². The molecule has 0 atom stereocenters. The van der Waals surface area contributed by atoms with Gasteiger partial charge in [0.2, 0.25) is 5.82 Å². The number of ether oxygens (including phenoxy) is 1. The molecule has 1 amide bonds. The topological polar surface area (TPSA) is 94.4 Å². The summed E-state index contributed by atoms with van der Waals surface area (Å²) in [6.07, 6.45) is 0. The first-order chi connectivity index (χ1) is 10.1. The maximum absolute atomic E-state index is 11.7. The van der Waals surface area contributed by atoms with Crippen molar-refractivity contribution < 1.29 is 14.5 Å². The summed E-state index contributed by atoms with van der Waals surface area (Å²) in [7, 11) is 0. The van der Waals surface area contributed by atoms with Crippen LogP contribution in [0.4, 0.5) is 11.5 Å². The average molecular weight is 308 g/mol. The van der Waals surface area contributed by atoms with Crippen LogP contribution in [-0.4, -0.2) is 22.4 Å². The molecule has 1 heterocycles. The minimum absolute atomic E-state index is 0.0416. The van der Waals surface area contributed by atoms with Gasteiger partial charge in [0.1, 0.15) is 10.9 Å². The van der Waals surface area contributed by atoms with Crippen LogP contribution >= 0.6 is 11.6 Å². The minimum atomic E-state index is -0.656. The molecule has 0 bridgehead atoms. The number of carbonyl (C=O) groups is 1. The van der Waals surface area contributed by atoms with Gasteiger partial charge in [0.15, 0.2) is 6.61 Å². The molecule has 2 aromatic rings. The van der Waals surface area contributed by atoms with E-state index in [2.05, 4.69) is 10.3 Å². The van der Waals surface area contributed by atoms with Gasteiger partial charge in [-0.25, -0.2) is 4.98 Å². The Morgan fingerprint density at radius 3 is 2.67 bits per heavy atom. The van der Waals surface area contributed by atoms with E-state index in [4.69, 9.17) is 16.3 Å². The highest BCUT2D eigenvalue weighted by molar-refractivity contribution is 6.29. The van der Waals surface area contributed by atoms with Crippen LogP contribution in [0.25, 0.3) is 0 Å². The molecular weight excluding hydrogens is 298 g/mol. The first kappa shape index (κ1) is 14.7. The number of hydrogen-bond acceptors (Lipinski definition) is 5. The number of amides is 1. The Morgan fingerprint density at radius 1 is 1.29 bits per heavy atom. The number of anilines is 1. The van der Waals surface area contributed by atoms with Crippen LogP contribution < -0.4 is 10.1 Å². The zero-order valence-electron chi connectivity index (χ0n) is 10.7. The summed E-state index contributed by atoms with van der Waals surface area (Å²) in [5.41, 5.74) is -0.340. The van der Waals surface area contributed by atoms with Crippen molar-refractivity contribution in [2.24, 2.45) is 0 Å². The van der Waals surface area contributed by atoms with E-state index in [1.165, 1.54) is 12.1 Å². The first-order valence-corrected chi connectivity index (χ1v) is 6.22. The molecule has 0 fully saturated rings. The number of rotatable bonds is 5. The number of para-hydroxylation sites is 1. The average Bonchev–Trinajstić information content (AvgIpc) is 2.46. The number of nitro groups is 1. The lowest BCUT2D eigenvalue weighted by atomic mass is 10.3. The standard InChI is InChI=1S/C13H10ClN3O4/c14-11-7-6-10(17(19)20)13(15-11)16-12(18)8-21-9-4-2-1-3-5-9/h1-7H,8H2,(H,15,16,18). The molecule has 0 saturated carbocycles. The number of halogens is 1. The van der Waals surface area contributed by atoms with Crippen LogP contribution in [0, 0.1) is 10.1 Å². The molecule has 108 valence electrons. The van der Waals surface area contributed by atoms with E-state index in [1.54, 1.807) is 24.3 Å². The molecule has 0 saturated heterocycles. The summed E-state index contributed by atoms with van der Waals surface area (Å²) >= 11 is 5.66. The predicted octanol–water partition coefficient (Wildman–Crippen LogP) is 2.66. The molecule has 7 nitrogen and oxygen atoms in total. The van der Waals surface area contributed by atoms with E-state index >= 15 is 0 Å². The van der Waals surface area contributed by atoms with Gasteiger partial charge in [-0.05, 0) is 18.2 Å². The lowest BCUT2D eigenvalue weighted by molar-refractivity contribution is -0.384. The van der Waals surface area contributed by atoms with Gasteiger partial charge in [-0.2, -0.15) is 0 Å². The molecule has 1 aromatic carbocycles. The molecule has 0 aliphatic carbocycles. The SMILES string of the molecule is O=C(COc1ccccc1)Nc1nc(Cl)ccc1[N+](=O)[O-]. The summed E-state index contributed by atoms with van der Waals surface area (Å²) in [5.74, 6) is -0.271. The fourth-order valence-electron chi connectivity index (χ4n) is 1.50. The van der Waals surface area contributed by atoms with Gasteiger partial charge in [0, 0.05) is 6.07 Å². The van der Waals surface area contributed by atoms with E-state index in [0.29, 0.717) is 5.75 Å². The maximum Gasteiger partial charge on any atom is 0.311 e. The highest BCUT2D eigenvalue weighted by Gasteiger charge is 2.18. The molecule has 0 unspecified atom stereocenters. The second-order valence-corrected chi connectivity index (χ2v) is 4.30. The van der Waals surface area contributed by atoms with Gasteiger partial charge in [0.25, 0.3) is 5.91 Å². The summed E-state index contributed by atoms with van der Waals surface area (Å²) in [6.45, 7) is -0.296. The third kappa shape index (κ3) is 4.15. The van der Waals surface area contributed by atoms with Crippen LogP contribution in [-0.2, 0) is 4.79 Å². The van der Waals surface area contributed by atoms with E-state index in [1.807, 2.05) is 6.07 Å². The Morgan fingerprint density at radius 2 is 2.00 bits per heavy atom. The van der Waals surface area contributed by atoms with Crippen LogP contribution in [0.5, 0.6) is 5.75 Å². The fraction of sp³-hybridized carbons (Fsp3) is 0.0769. The van der Waals surface area contributed by atoms with E-state index in [-0.39, 0.29) is 23.3 Å². The molecule has 0 spiro atoms. The molecule has 0 aliphatic rings. The maximum atomic E-state index is 11.7. The largest absolute Gasteiger partial charge is 0.484 e. The summed E-state index contributed by atoms with van der Waals surface area (Å²) in [4.78, 5) is 25.6. The van der Waals surface area contributed by atoms with Crippen molar-refractivity contribution in [3.05, 3.63) is 57.7 Å². The highest BCUT2D eigenvalue weighted by Crippen LogP contribution is 2.23. The van der Waals surface area contributed by atoms with Crippen LogP contribution in [0.2, 0.25) is 5.15 Å². The second-order valence-electron chi connectivity index (χ2n) is 3.91. The number of hydrogen-bond donors (Lipinski definition) is 1. The lowest BCUT2D eigenvalue weighted by Gasteiger charge is -2.07. The lowest BCUT2D eigenvalue weighted by Crippen LogP contribution is -2.21. The number of aromatic nitrogens is 1. The van der Waals surface area contributed by atoms with Gasteiger partial charge in [-0.1, -0.05) is 29.8 Å². The fourth-order valence-corrected chi connectivity index (χ4v) is 1.65. The molecule has 0 radical (unpaired) electrons. The monoisotopic (exact) mass is 307 g/mol.